The summed E-state index contributed by atoms with van der Waals surface area (Å²) in [5.41, 5.74) is 6.13. The summed E-state index contributed by atoms with van der Waals surface area (Å²) in [6.45, 7) is 0.356. The lowest BCUT2D eigenvalue weighted by Gasteiger charge is -2.44. The number of aromatic nitrogens is 3. The Bertz CT molecular complexity index is 1090. The third-order valence-electron chi connectivity index (χ3n) is 5.28. The van der Waals surface area contributed by atoms with Crippen molar-refractivity contribution >= 4 is 23.5 Å². The van der Waals surface area contributed by atoms with Crippen molar-refractivity contribution < 1.29 is 13.6 Å². The number of nitrogens with zero attached hydrogens (tertiary/aromatic N) is 3. The van der Waals surface area contributed by atoms with Gasteiger partial charge < -0.3 is 11.1 Å². The zero-order valence-corrected chi connectivity index (χ0v) is 16.5. The molecule has 0 saturated heterocycles. The predicted octanol–water partition coefficient (Wildman–Crippen LogP) is 3.91. The van der Waals surface area contributed by atoms with E-state index in [1.807, 2.05) is 0 Å². The molecular formula is C21H18ClF2N5O. The summed E-state index contributed by atoms with van der Waals surface area (Å²) in [5, 5.41) is 3.59. The van der Waals surface area contributed by atoms with Crippen LogP contribution >= 0.6 is 11.6 Å². The first-order valence-corrected chi connectivity index (χ1v) is 9.66. The van der Waals surface area contributed by atoms with Gasteiger partial charge in [0, 0.05) is 47.2 Å². The number of alkyl halides is 1. The van der Waals surface area contributed by atoms with Gasteiger partial charge in [0.05, 0.1) is 10.7 Å². The van der Waals surface area contributed by atoms with Crippen LogP contribution in [-0.4, -0.2) is 33.6 Å². The SMILES string of the molecule is NC(=O)c1ccc(F)c(-c2cnc(NCC3(c4ncccc4Cl)CC(F)C3)nc2)c1. The first-order chi connectivity index (χ1) is 14.4. The van der Waals surface area contributed by atoms with E-state index in [1.165, 1.54) is 30.6 Å². The quantitative estimate of drug-likeness (QED) is 0.619. The lowest BCUT2D eigenvalue weighted by molar-refractivity contribution is 0.0993. The van der Waals surface area contributed by atoms with E-state index < -0.39 is 23.3 Å². The highest BCUT2D eigenvalue weighted by molar-refractivity contribution is 6.31. The molecule has 9 heteroatoms. The van der Waals surface area contributed by atoms with Crippen molar-refractivity contribution in [1.82, 2.24) is 15.0 Å². The fourth-order valence-corrected chi connectivity index (χ4v) is 4.01. The number of benzene rings is 1. The number of carbonyl (C=O) groups is 1. The van der Waals surface area contributed by atoms with Gasteiger partial charge in [-0.3, -0.25) is 9.78 Å². The molecule has 0 atom stereocenters. The van der Waals surface area contributed by atoms with Gasteiger partial charge in [-0.1, -0.05) is 11.6 Å². The molecule has 2 heterocycles. The molecular weight excluding hydrogens is 412 g/mol. The van der Waals surface area contributed by atoms with Crippen LogP contribution in [0.25, 0.3) is 11.1 Å². The minimum absolute atomic E-state index is 0.175. The second kappa shape index (κ2) is 7.95. The zero-order valence-electron chi connectivity index (χ0n) is 15.8. The fraction of sp³-hybridized carbons (Fsp3) is 0.238. The second-order valence-electron chi connectivity index (χ2n) is 7.33. The van der Waals surface area contributed by atoms with Crippen molar-refractivity contribution in [2.75, 3.05) is 11.9 Å². The standard InChI is InChI=1S/C21H18ClF2N5O/c22-16-2-1-5-26-18(16)21(7-14(23)8-21)11-29-20-27-9-13(10-28-20)15-6-12(19(25)30)3-4-17(15)24/h1-6,9-10,14H,7-8,11H2,(H2,25,30)(H,27,28,29). The lowest BCUT2D eigenvalue weighted by atomic mass is 9.65. The number of nitrogens with two attached hydrogens (primary N) is 1. The smallest absolute Gasteiger partial charge is 0.248 e. The number of primary amides is 1. The first-order valence-electron chi connectivity index (χ1n) is 9.29. The first kappa shape index (κ1) is 20.2. The molecule has 6 nitrogen and oxygen atoms in total. The Labute approximate surface area is 176 Å². The second-order valence-corrected chi connectivity index (χ2v) is 7.73. The Hall–Kier alpha value is -3.13. The summed E-state index contributed by atoms with van der Waals surface area (Å²) >= 11 is 6.28. The Morgan fingerprint density at radius 3 is 2.60 bits per heavy atom. The van der Waals surface area contributed by atoms with Gasteiger partial charge in [-0.15, -0.1) is 0 Å². The number of hydrogen-bond donors (Lipinski definition) is 2. The van der Waals surface area contributed by atoms with Crippen LogP contribution in [0, 0.1) is 5.82 Å². The van der Waals surface area contributed by atoms with Gasteiger partial charge >= 0.3 is 0 Å². The molecule has 2 aromatic heterocycles. The van der Waals surface area contributed by atoms with Gasteiger partial charge in [-0.2, -0.15) is 0 Å². The number of anilines is 1. The molecule has 1 saturated carbocycles. The van der Waals surface area contributed by atoms with Crippen molar-refractivity contribution in [2.24, 2.45) is 5.73 Å². The van der Waals surface area contributed by atoms with Crippen molar-refractivity contribution in [3.8, 4) is 11.1 Å². The van der Waals surface area contributed by atoms with Gasteiger partial charge in [0.15, 0.2) is 0 Å². The summed E-state index contributed by atoms with van der Waals surface area (Å²) in [4.78, 5) is 24.1. The maximum atomic E-state index is 14.2. The zero-order chi connectivity index (χ0) is 21.3. The predicted molar refractivity (Wildman–Crippen MR) is 109 cm³/mol. The number of amides is 1. The highest BCUT2D eigenvalue weighted by Gasteiger charge is 2.48. The third-order valence-corrected chi connectivity index (χ3v) is 5.59. The number of hydrogen-bond acceptors (Lipinski definition) is 5. The summed E-state index contributed by atoms with van der Waals surface area (Å²) in [6.07, 6.45) is 4.22. The molecule has 154 valence electrons. The van der Waals surface area contributed by atoms with E-state index in [9.17, 15) is 13.6 Å². The molecule has 0 bridgehead atoms. The van der Waals surface area contributed by atoms with Gasteiger partial charge in [0.2, 0.25) is 11.9 Å². The number of carbonyl (C=O) groups excluding carboxylic acids is 1. The van der Waals surface area contributed by atoms with E-state index in [0.29, 0.717) is 41.6 Å². The number of nitrogens with one attached hydrogen (secondary N) is 1. The van der Waals surface area contributed by atoms with Crippen LogP contribution in [0.15, 0.2) is 48.9 Å². The largest absolute Gasteiger partial charge is 0.366 e. The third kappa shape index (κ3) is 3.82. The molecule has 1 aliphatic rings. The van der Waals surface area contributed by atoms with Gasteiger partial charge in [-0.05, 0) is 43.2 Å². The molecule has 0 unspecified atom stereocenters. The van der Waals surface area contributed by atoms with Crippen LogP contribution < -0.4 is 11.1 Å². The van der Waals surface area contributed by atoms with E-state index in [-0.39, 0.29) is 11.1 Å². The topological polar surface area (TPSA) is 93.8 Å². The Morgan fingerprint density at radius 2 is 1.97 bits per heavy atom. The minimum Gasteiger partial charge on any atom is -0.366 e. The molecule has 0 aliphatic heterocycles. The molecule has 3 N–H and O–H groups in total. The van der Waals surface area contributed by atoms with Crippen molar-refractivity contribution in [3.63, 3.8) is 0 Å². The van der Waals surface area contributed by atoms with Gasteiger partial charge in [0.25, 0.3) is 0 Å². The highest BCUT2D eigenvalue weighted by atomic mass is 35.5. The normalized spacial score (nSPS) is 20.4. The fourth-order valence-electron chi connectivity index (χ4n) is 3.69. The van der Waals surface area contributed by atoms with E-state index in [1.54, 1.807) is 18.3 Å². The van der Waals surface area contributed by atoms with E-state index in [4.69, 9.17) is 17.3 Å². The molecule has 1 amide bonds. The van der Waals surface area contributed by atoms with Crippen LogP contribution in [0.5, 0.6) is 0 Å². The molecule has 0 spiro atoms. The molecule has 3 aromatic rings. The summed E-state index contributed by atoms with van der Waals surface area (Å²) in [7, 11) is 0. The number of halogens is 3. The van der Waals surface area contributed by atoms with Crippen LogP contribution in [0.3, 0.4) is 0 Å². The molecule has 1 fully saturated rings. The molecule has 30 heavy (non-hydrogen) atoms. The molecule has 0 radical (unpaired) electrons. The van der Waals surface area contributed by atoms with Crippen molar-refractivity contribution in [1.29, 1.82) is 0 Å². The van der Waals surface area contributed by atoms with Crippen LogP contribution in [0.1, 0.15) is 28.9 Å². The van der Waals surface area contributed by atoms with Crippen LogP contribution in [0.2, 0.25) is 5.02 Å². The van der Waals surface area contributed by atoms with Crippen LogP contribution in [-0.2, 0) is 5.41 Å². The summed E-state index contributed by atoms with van der Waals surface area (Å²) in [6, 6.07) is 7.31. The van der Waals surface area contributed by atoms with E-state index >= 15 is 0 Å². The highest BCUT2D eigenvalue weighted by Crippen LogP contribution is 2.46. The molecule has 4 rings (SSSR count). The van der Waals surface area contributed by atoms with Gasteiger partial charge in [0.1, 0.15) is 12.0 Å². The maximum absolute atomic E-state index is 14.2. The Kier molecular flexibility index (Phi) is 5.34. The molecule has 1 aliphatic carbocycles. The lowest BCUT2D eigenvalue weighted by Crippen LogP contribution is -2.48. The number of rotatable bonds is 6. The Morgan fingerprint density at radius 1 is 1.23 bits per heavy atom. The average molecular weight is 430 g/mol. The maximum Gasteiger partial charge on any atom is 0.248 e. The monoisotopic (exact) mass is 429 g/mol. The summed E-state index contributed by atoms with van der Waals surface area (Å²) in [5.74, 6) is -0.865. The summed E-state index contributed by atoms with van der Waals surface area (Å²) < 4.78 is 27.9. The van der Waals surface area contributed by atoms with Gasteiger partial charge in [-0.25, -0.2) is 18.7 Å². The average Bonchev–Trinajstić information content (AvgIpc) is 2.71. The van der Waals surface area contributed by atoms with Crippen LogP contribution in [0.4, 0.5) is 14.7 Å². The molecule has 1 aromatic carbocycles. The Balaban J connectivity index is 1.52. The van der Waals surface area contributed by atoms with E-state index in [0.717, 1.165) is 0 Å². The van der Waals surface area contributed by atoms with E-state index in [2.05, 4.69) is 20.3 Å². The number of pyridine rings is 1. The van der Waals surface area contributed by atoms with Crippen molar-refractivity contribution in [2.45, 2.75) is 24.4 Å². The van der Waals surface area contributed by atoms with Crippen molar-refractivity contribution in [3.05, 3.63) is 71.0 Å². The minimum atomic E-state index is -0.909.